The van der Waals surface area contributed by atoms with Crippen molar-refractivity contribution >= 4 is 17.9 Å². The maximum Gasteiger partial charge on any atom is 0.330 e. The minimum atomic E-state index is -1.03. The first-order valence-corrected chi connectivity index (χ1v) is 6.16. The van der Waals surface area contributed by atoms with E-state index in [0.717, 1.165) is 12.5 Å². The molecule has 6 heteroatoms. The zero-order chi connectivity index (χ0) is 14.7. The maximum atomic E-state index is 11.1. The summed E-state index contributed by atoms with van der Waals surface area (Å²) in [6.07, 6.45) is 2.10. The van der Waals surface area contributed by atoms with Crippen LogP contribution in [0.3, 0.4) is 0 Å². The molecule has 0 amide bonds. The summed E-state index contributed by atoms with van der Waals surface area (Å²) in [6.45, 7) is 5.69. The number of esters is 2. The smallest absolute Gasteiger partial charge is 0.330 e. The van der Waals surface area contributed by atoms with Gasteiger partial charge >= 0.3 is 17.9 Å². The van der Waals surface area contributed by atoms with E-state index in [9.17, 15) is 14.4 Å². The number of aliphatic carboxylic acids is 1. The second-order valence-corrected chi connectivity index (χ2v) is 4.01. The minimum absolute atomic E-state index is 0.108. The first-order valence-electron chi connectivity index (χ1n) is 6.16. The summed E-state index contributed by atoms with van der Waals surface area (Å²) in [6, 6.07) is 0. The van der Waals surface area contributed by atoms with Gasteiger partial charge in [-0.2, -0.15) is 0 Å². The molecule has 0 aliphatic carbocycles. The second-order valence-electron chi connectivity index (χ2n) is 4.01. The van der Waals surface area contributed by atoms with Crippen LogP contribution in [0.15, 0.2) is 12.7 Å². The molecule has 0 rings (SSSR count). The molecule has 1 N–H and O–H groups in total. The van der Waals surface area contributed by atoms with Crippen molar-refractivity contribution in [1.29, 1.82) is 0 Å². The van der Waals surface area contributed by atoms with E-state index >= 15 is 0 Å². The molecule has 0 radical (unpaired) electrons. The van der Waals surface area contributed by atoms with Gasteiger partial charge in [0, 0.05) is 6.08 Å². The number of hydrogen-bond donors (Lipinski definition) is 1. The van der Waals surface area contributed by atoms with E-state index in [1.807, 2.05) is 6.92 Å². The Kier molecular flexibility index (Phi) is 9.12. The van der Waals surface area contributed by atoms with E-state index in [1.165, 1.54) is 0 Å². The highest BCUT2D eigenvalue weighted by molar-refractivity contribution is 5.81. The van der Waals surface area contributed by atoms with Crippen LogP contribution in [0.1, 0.15) is 32.6 Å². The third-order valence-corrected chi connectivity index (χ3v) is 2.54. The SMILES string of the molecule is C=CC(=O)OCC(CC)CCOC(=O)CCC(=O)O. The third-order valence-electron chi connectivity index (χ3n) is 2.54. The predicted octanol–water partition coefficient (Wildman–Crippen LogP) is 1.54. The fourth-order valence-electron chi connectivity index (χ4n) is 1.28. The lowest BCUT2D eigenvalue weighted by atomic mass is 10.0. The average Bonchev–Trinajstić information content (AvgIpc) is 2.39. The molecule has 0 aromatic rings. The lowest BCUT2D eigenvalue weighted by Crippen LogP contribution is -2.16. The van der Waals surface area contributed by atoms with Crippen LogP contribution in [0.25, 0.3) is 0 Å². The first kappa shape index (κ1) is 17.2. The molecule has 1 unspecified atom stereocenters. The van der Waals surface area contributed by atoms with E-state index < -0.39 is 17.9 Å². The van der Waals surface area contributed by atoms with E-state index in [1.54, 1.807) is 0 Å². The monoisotopic (exact) mass is 272 g/mol. The molecule has 0 spiro atoms. The van der Waals surface area contributed by atoms with E-state index in [0.29, 0.717) is 6.42 Å². The number of ether oxygens (including phenoxy) is 2. The molecule has 0 saturated heterocycles. The van der Waals surface area contributed by atoms with E-state index in [-0.39, 0.29) is 32.0 Å². The fraction of sp³-hybridized carbons (Fsp3) is 0.615. The van der Waals surface area contributed by atoms with Crippen molar-refractivity contribution in [1.82, 2.24) is 0 Å². The van der Waals surface area contributed by atoms with E-state index in [4.69, 9.17) is 14.6 Å². The van der Waals surface area contributed by atoms with Gasteiger partial charge in [-0.05, 0) is 18.8 Å². The quantitative estimate of drug-likeness (QED) is 0.479. The van der Waals surface area contributed by atoms with Crippen LogP contribution < -0.4 is 0 Å². The normalized spacial score (nSPS) is 11.4. The molecule has 19 heavy (non-hydrogen) atoms. The van der Waals surface area contributed by atoms with Crippen molar-refractivity contribution in [2.45, 2.75) is 32.6 Å². The standard InChI is InChI=1S/C13H20O6/c1-3-10(9-19-12(16)4-2)7-8-18-13(17)6-5-11(14)15/h4,10H,2-3,5-9H2,1H3,(H,14,15). The van der Waals surface area contributed by atoms with Gasteiger partial charge in [-0.15, -0.1) is 0 Å². The van der Waals surface area contributed by atoms with Crippen molar-refractivity contribution < 1.29 is 29.0 Å². The van der Waals surface area contributed by atoms with Crippen molar-refractivity contribution in [2.75, 3.05) is 13.2 Å². The molecular formula is C13H20O6. The van der Waals surface area contributed by atoms with E-state index in [2.05, 4.69) is 6.58 Å². The predicted molar refractivity (Wildman–Crippen MR) is 67.4 cm³/mol. The fourth-order valence-corrected chi connectivity index (χ4v) is 1.28. The number of carbonyl (C=O) groups is 3. The molecule has 1 atom stereocenters. The van der Waals surface area contributed by atoms with Crippen molar-refractivity contribution in [3.8, 4) is 0 Å². The van der Waals surface area contributed by atoms with Crippen LogP contribution in [-0.4, -0.2) is 36.2 Å². The number of carbonyl (C=O) groups excluding carboxylic acids is 2. The van der Waals surface area contributed by atoms with Crippen LogP contribution in [-0.2, 0) is 23.9 Å². The summed E-state index contributed by atoms with van der Waals surface area (Å²) in [7, 11) is 0. The van der Waals surface area contributed by atoms with Gasteiger partial charge in [0.1, 0.15) is 0 Å². The zero-order valence-electron chi connectivity index (χ0n) is 11.1. The van der Waals surface area contributed by atoms with Gasteiger partial charge < -0.3 is 14.6 Å². The van der Waals surface area contributed by atoms with Gasteiger partial charge in [0.2, 0.25) is 0 Å². The number of hydrogen-bond acceptors (Lipinski definition) is 5. The Hall–Kier alpha value is -1.85. The molecule has 0 aromatic carbocycles. The van der Waals surface area contributed by atoms with Crippen LogP contribution in [0, 0.1) is 5.92 Å². The van der Waals surface area contributed by atoms with Crippen molar-refractivity contribution in [3.05, 3.63) is 12.7 Å². The Bertz CT molecular complexity index is 323. The Morgan fingerprint density at radius 1 is 1.26 bits per heavy atom. The van der Waals surface area contributed by atoms with Gasteiger partial charge in [0.25, 0.3) is 0 Å². The second kappa shape index (κ2) is 10.1. The largest absolute Gasteiger partial charge is 0.481 e. The lowest BCUT2D eigenvalue weighted by Gasteiger charge is -2.14. The van der Waals surface area contributed by atoms with Crippen LogP contribution in [0.2, 0.25) is 0 Å². The number of carboxylic acid groups (broad SMARTS) is 1. The lowest BCUT2D eigenvalue weighted by molar-refractivity contribution is -0.148. The summed E-state index contributed by atoms with van der Waals surface area (Å²) in [5, 5.41) is 8.40. The topological polar surface area (TPSA) is 89.9 Å². The average molecular weight is 272 g/mol. The van der Waals surface area contributed by atoms with Gasteiger partial charge in [-0.25, -0.2) is 4.79 Å². The first-order chi connectivity index (χ1) is 8.99. The molecule has 0 aliphatic rings. The molecule has 0 heterocycles. The summed E-state index contributed by atoms with van der Waals surface area (Å²) >= 11 is 0. The van der Waals surface area contributed by atoms with Crippen LogP contribution >= 0.6 is 0 Å². The highest BCUT2D eigenvalue weighted by atomic mass is 16.5. The Morgan fingerprint density at radius 3 is 2.47 bits per heavy atom. The van der Waals surface area contributed by atoms with Crippen molar-refractivity contribution in [2.24, 2.45) is 5.92 Å². The van der Waals surface area contributed by atoms with Gasteiger partial charge in [0.15, 0.2) is 0 Å². The molecule has 0 aliphatic heterocycles. The zero-order valence-corrected chi connectivity index (χ0v) is 11.1. The third kappa shape index (κ3) is 9.82. The number of rotatable bonds is 10. The maximum absolute atomic E-state index is 11.1. The molecule has 6 nitrogen and oxygen atoms in total. The van der Waals surface area contributed by atoms with Gasteiger partial charge in [-0.1, -0.05) is 13.5 Å². The molecule has 0 saturated carbocycles. The highest BCUT2D eigenvalue weighted by Gasteiger charge is 2.11. The number of carboxylic acids is 1. The highest BCUT2D eigenvalue weighted by Crippen LogP contribution is 2.09. The molecular weight excluding hydrogens is 252 g/mol. The summed E-state index contributed by atoms with van der Waals surface area (Å²) in [5.41, 5.74) is 0. The Labute approximate surface area is 112 Å². The summed E-state index contributed by atoms with van der Waals surface area (Å²) < 4.78 is 9.80. The summed E-state index contributed by atoms with van der Waals surface area (Å²) in [5.74, 6) is -1.92. The Morgan fingerprint density at radius 2 is 1.95 bits per heavy atom. The van der Waals surface area contributed by atoms with Crippen molar-refractivity contribution in [3.63, 3.8) is 0 Å². The Balaban J connectivity index is 3.76. The van der Waals surface area contributed by atoms with Crippen LogP contribution in [0.5, 0.6) is 0 Å². The minimum Gasteiger partial charge on any atom is -0.481 e. The molecule has 108 valence electrons. The molecule has 0 aromatic heterocycles. The van der Waals surface area contributed by atoms with Crippen LogP contribution in [0.4, 0.5) is 0 Å². The molecule has 0 fully saturated rings. The van der Waals surface area contributed by atoms with Gasteiger partial charge in [0.05, 0.1) is 26.1 Å². The summed E-state index contributed by atoms with van der Waals surface area (Å²) in [4.78, 5) is 32.3. The van der Waals surface area contributed by atoms with Gasteiger partial charge in [-0.3, -0.25) is 9.59 Å². The molecule has 0 bridgehead atoms.